The van der Waals surface area contributed by atoms with Gasteiger partial charge in [0.15, 0.2) is 6.10 Å². The molecule has 162 valence electrons. The highest BCUT2D eigenvalue weighted by Gasteiger charge is 2.12. The molecule has 33 heavy (non-hydrogen) atoms. The molecule has 1 atom stereocenters. The predicted octanol–water partition coefficient (Wildman–Crippen LogP) is 4.55. The van der Waals surface area contributed by atoms with E-state index < -0.39 is 12.1 Å². The summed E-state index contributed by atoms with van der Waals surface area (Å²) in [5.41, 5.74) is 1.80. The zero-order valence-corrected chi connectivity index (χ0v) is 17.7. The summed E-state index contributed by atoms with van der Waals surface area (Å²) >= 11 is 0. The largest absolute Gasteiger partial charge is 0.478 e. The Labute approximate surface area is 189 Å². The third-order valence-corrected chi connectivity index (χ3v) is 4.97. The van der Waals surface area contributed by atoms with Crippen LogP contribution in [-0.2, 0) is 0 Å². The topological polar surface area (TPSA) is 105 Å². The molecule has 0 amide bonds. The summed E-state index contributed by atoms with van der Waals surface area (Å²) in [6, 6.07) is 22.4. The molecule has 7 nitrogen and oxygen atoms in total. The zero-order valence-electron chi connectivity index (χ0n) is 17.7. The fourth-order valence-corrected chi connectivity index (χ4v) is 3.32. The van der Waals surface area contributed by atoms with Crippen LogP contribution >= 0.6 is 0 Å². The number of aromatic carboxylic acids is 1. The smallest absolute Gasteiger partial charge is 0.335 e. The Hall–Kier alpha value is -4.70. The highest BCUT2D eigenvalue weighted by molar-refractivity contribution is 5.88. The maximum atomic E-state index is 13.3. The van der Waals surface area contributed by atoms with Crippen LogP contribution in [0.3, 0.4) is 0 Å². The van der Waals surface area contributed by atoms with Crippen LogP contribution in [0.25, 0.3) is 28.7 Å². The second-order valence-electron chi connectivity index (χ2n) is 7.27. The number of benzene rings is 3. The van der Waals surface area contributed by atoms with Gasteiger partial charge in [0.1, 0.15) is 17.6 Å². The molecule has 0 bridgehead atoms. The van der Waals surface area contributed by atoms with Crippen LogP contribution in [-0.4, -0.2) is 26.7 Å². The Bertz CT molecular complexity index is 1450. The summed E-state index contributed by atoms with van der Waals surface area (Å²) < 4.78 is 6.92. The number of nitriles is 1. The second kappa shape index (κ2) is 9.20. The minimum Gasteiger partial charge on any atom is -0.478 e. The number of para-hydroxylation sites is 1. The minimum absolute atomic E-state index is 0.130. The van der Waals surface area contributed by atoms with Gasteiger partial charge in [0, 0.05) is 0 Å². The van der Waals surface area contributed by atoms with Crippen LogP contribution in [0.2, 0.25) is 0 Å². The molecule has 3 aromatic carbocycles. The predicted molar refractivity (Wildman–Crippen MR) is 125 cm³/mol. The van der Waals surface area contributed by atoms with Crippen molar-refractivity contribution in [3.8, 4) is 17.5 Å². The van der Waals surface area contributed by atoms with E-state index in [1.807, 2.05) is 30.3 Å². The van der Waals surface area contributed by atoms with Crippen LogP contribution in [0.15, 0.2) is 77.6 Å². The second-order valence-corrected chi connectivity index (χ2v) is 7.27. The lowest BCUT2D eigenvalue weighted by molar-refractivity contribution is 0.0697. The lowest BCUT2D eigenvalue weighted by atomic mass is 10.1. The van der Waals surface area contributed by atoms with Crippen LogP contribution in [0, 0.1) is 11.3 Å². The lowest BCUT2D eigenvalue weighted by Crippen LogP contribution is -2.22. The molecule has 0 aliphatic carbocycles. The van der Waals surface area contributed by atoms with Crippen LogP contribution < -0.4 is 10.3 Å². The van der Waals surface area contributed by atoms with Gasteiger partial charge < -0.3 is 9.84 Å². The van der Waals surface area contributed by atoms with Crippen molar-refractivity contribution in [3.63, 3.8) is 0 Å². The number of hydrogen-bond donors (Lipinski definition) is 1. The van der Waals surface area contributed by atoms with Crippen molar-refractivity contribution in [2.75, 3.05) is 0 Å². The zero-order chi connectivity index (χ0) is 23.4. The molecular formula is C26H19N3O4. The van der Waals surface area contributed by atoms with E-state index in [0.717, 1.165) is 5.56 Å². The summed E-state index contributed by atoms with van der Waals surface area (Å²) in [6.45, 7) is 1.67. The highest BCUT2D eigenvalue weighted by Crippen LogP contribution is 2.18. The first-order valence-corrected chi connectivity index (χ1v) is 10.2. The Balaban J connectivity index is 1.76. The van der Waals surface area contributed by atoms with Gasteiger partial charge in [-0.05, 0) is 67.1 Å². The fourth-order valence-electron chi connectivity index (χ4n) is 3.32. The summed E-state index contributed by atoms with van der Waals surface area (Å²) in [4.78, 5) is 29.1. The van der Waals surface area contributed by atoms with Gasteiger partial charge in [-0.15, -0.1) is 0 Å². The molecule has 7 heteroatoms. The first-order valence-electron chi connectivity index (χ1n) is 10.2. The van der Waals surface area contributed by atoms with Gasteiger partial charge in [0.25, 0.3) is 5.56 Å². The van der Waals surface area contributed by atoms with Gasteiger partial charge in [-0.3, -0.25) is 9.36 Å². The monoisotopic (exact) mass is 437 g/mol. The average molecular weight is 437 g/mol. The molecule has 4 rings (SSSR count). The number of ether oxygens (including phenoxy) is 1. The SMILES string of the molecule is CC(C#N)Oc1ccc(/C=C/c2nc3ccccc3c(=O)n2-c2ccc(C(=O)O)cc2)cc1. The number of nitrogens with zero attached hydrogens (tertiary/aromatic N) is 3. The standard InChI is InChI=1S/C26H19N3O4/c1-17(16-27)33-21-13-6-18(7-14-21)8-15-24-28-23-5-3-2-4-22(23)25(30)29(24)20-11-9-19(10-12-20)26(31)32/h2-15,17H,1H3,(H,31,32)/b15-8+. The molecule has 0 spiro atoms. The van der Waals surface area contributed by atoms with Crippen molar-refractivity contribution in [1.29, 1.82) is 5.26 Å². The van der Waals surface area contributed by atoms with Gasteiger partial charge in [-0.1, -0.05) is 30.3 Å². The molecule has 0 fully saturated rings. The van der Waals surface area contributed by atoms with E-state index in [1.54, 1.807) is 55.5 Å². The first-order chi connectivity index (χ1) is 16.0. The third kappa shape index (κ3) is 4.65. The molecule has 0 radical (unpaired) electrons. The van der Waals surface area contributed by atoms with Gasteiger partial charge in [-0.25, -0.2) is 9.78 Å². The molecule has 0 saturated carbocycles. The molecule has 4 aromatic rings. The van der Waals surface area contributed by atoms with Gasteiger partial charge >= 0.3 is 5.97 Å². The normalized spacial score (nSPS) is 11.9. The molecule has 1 aromatic heterocycles. The molecule has 1 unspecified atom stereocenters. The third-order valence-electron chi connectivity index (χ3n) is 4.97. The molecular weight excluding hydrogens is 418 g/mol. The van der Waals surface area contributed by atoms with Gasteiger partial charge in [0.05, 0.1) is 22.2 Å². The van der Waals surface area contributed by atoms with Gasteiger partial charge in [0.2, 0.25) is 0 Å². The number of rotatable bonds is 6. The summed E-state index contributed by atoms with van der Waals surface area (Å²) in [5.74, 6) is -0.0529. The maximum absolute atomic E-state index is 13.3. The van der Waals surface area contributed by atoms with Crippen LogP contribution in [0.4, 0.5) is 0 Å². The molecule has 0 saturated heterocycles. The summed E-state index contributed by atoms with van der Waals surface area (Å²) in [6.07, 6.45) is 3.00. The number of carboxylic acid groups (broad SMARTS) is 1. The number of hydrogen-bond acceptors (Lipinski definition) is 5. The number of carboxylic acids is 1. The fraction of sp³-hybridized carbons (Fsp3) is 0.0769. The molecule has 1 N–H and O–H groups in total. The quantitative estimate of drug-likeness (QED) is 0.475. The van der Waals surface area contributed by atoms with Gasteiger partial charge in [-0.2, -0.15) is 5.26 Å². The first kappa shape index (κ1) is 21.5. The van der Waals surface area contributed by atoms with E-state index in [9.17, 15) is 14.7 Å². The van der Waals surface area contributed by atoms with Crippen LogP contribution in [0.5, 0.6) is 5.75 Å². The van der Waals surface area contributed by atoms with Crippen molar-refractivity contribution < 1.29 is 14.6 Å². The van der Waals surface area contributed by atoms with Crippen molar-refractivity contribution >= 4 is 29.0 Å². The van der Waals surface area contributed by atoms with Crippen molar-refractivity contribution in [1.82, 2.24) is 9.55 Å². The molecule has 0 aliphatic heterocycles. The Morgan fingerprint density at radius 1 is 1.06 bits per heavy atom. The van der Waals surface area contributed by atoms with Crippen molar-refractivity contribution in [2.45, 2.75) is 13.0 Å². The number of fused-ring (bicyclic) bond motifs is 1. The van der Waals surface area contributed by atoms with Crippen molar-refractivity contribution in [2.24, 2.45) is 0 Å². The van der Waals surface area contributed by atoms with E-state index in [4.69, 9.17) is 10.00 Å². The minimum atomic E-state index is -1.04. The van der Waals surface area contributed by atoms with E-state index in [1.165, 1.54) is 16.7 Å². The number of carbonyl (C=O) groups is 1. The molecule has 1 heterocycles. The average Bonchev–Trinajstić information content (AvgIpc) is 2.83. The van der Waals surface area contributed by atoms with E-state index >= 15 is 0 Å². The molecule has 0 aliphatic rings. The maximum Gasteiger partial charge on any atom is 0.335 e. The Morgan fingerprint density at radius 2 is 1.76 bits per heavy atom. The highest BCUT2D eigenvalue weighted by atomic mass is 16.5. The van der Waals surface area contributed by atoms with E-state index in [2.05, 4.69) is 4.98 Å². The summed E-state index contributed by atoms with van der Waals surface area (Å²) in [5, 5.41) is 18.5. The lowest BCUT2D eigenvalue weighted by Gasteiger charge is -2.12. The summed E-state index contributed by atoms with van der Waals surface area (Å²) in [7, 11) is 0. The van der Waals surface area contributed by atoms with Crippen LogP contribution in [0.1, 0.15) is 28.7 Å². The Kier molecular flexibility index (Phi) is 6.00. The van der Waals surface area contributed by atoms with E-state index in [0.29, 0.717) is 28.2 Å². The van der Waals surface area contributed by atoms with E-state index in [-0.39, 0.29) is 11.1 Å². The Morgan fingerprint density at radius 3 is 2.42 bits per heavy atom. The number of aromatic nitrogens is 2. The van der Waals surface area contributed by atoms with Crippen molar-refractivity contribution in [3.05, 3.63) is 100 Å².